The molecule has 3 rings (SSSR count). The zero-order chi connectivity index (χ0) is 18.4. The summed E-state index contributed by atoms with van der Waals surface area (Å²) in [5, 5.41) is 6.97. The van der Waals surface area contributed by atoms with E-state index in [4.69, 9.17) is 0 Å². The number of likely N-dealkylation sites (N-methyl/N-ethyl adjacent to an activating group) is 1. The van der Waals surface area contributed by atoms with Gasteiger partial charge in [-0.25, -0.2) is 0 Å². The van der Waals surface area contributed by atoms with Crippen LogP contribution in [0.1, 0.15) is 21.5 Å². The molecule has 0 fully saturated rings. The van der Waals surface area contributed by atoms with Gasteiger partial charge in [-0.1, -0.05) is 42.5 Å². The van der Waals surface area contributed by atoms with Gasteiger partial charge in [-0.15, -0.1) is 0 Å². The lowest BCUT2D eigenvalue weighted by Gasteiger charge is -2.16. The van der Waals surface area contributed by atoms with Gasteiger partial charge in [-0.05, 0) is 41.6 Å². The van der Waals surface area contributed by atoms with E-state index < -0.39 is 0 Å². The van der Waals surface area contributed by atoms with Crippen LogP contribution < -0.4 is 5.32 Å². The second-order valence-electron chi connectivity index (χ2n) is 6.09. The SMILES string of the molecule is CN(CC(=O)Nc1ccccc1C(=O)c1ccccc1)Cc1ccsc1. The molecule has 1 N–H and O–H groups in total. The lowest BCUT2D eigenvalue weighted by atomic mass is 10.0. The van der Waals surface area contributed by atoms with Gasteiger partial charge in [0.05, 0.1) is 12.2 Å². The van der Waals surface area contributed by atoms with Crippen molar-refractivity contribution in [3.05, 3.63) is 88.1 Å². The van der Waals surface area contributed by atoms with Crippen molar-refractivity contribution >= 4 is 28.7 Å². The largest absolute Gasteiger partial charge is 0.324 e. The number of anilines is 1. The third kappa shape index (κ3) is 4.65. The van der Waals surface area contributed by atoms with Gasteiger partial charge in [-0.3, -0.25) is 14.5 Å². The summed E-state index contributed by atoms with van der Waals surface area (Å²) >= 11 is 1.64. The van der Waals surface area contributed by atoms with Gasteiger partial charge < -0.3 is 5.32 Å². The molecule has 2 aromatic carbocycles. The number of carbonyl (C=O) groups is 2. The van der Waals surface area contributed by atoms with E-state index in [1.54, 1.807) is 41.7 Å². The second kappa shape index (κ2) is 8.56. The third-order valence-corrected chi connectivity index (χ3v) is 4.66. The van der Waals surface area contributed by atoms with Crippen molar-refractivity contribution in [1.29, 1.82) is 0 Å². The summed E-state index contributed by atoms with van der Waals surface area (Å²) in [5.74, 6) is -0.246. The number of thiophene rings is 1. The van der Waals surface area contributed by atoms with E-state index in [9.17, 15) is 9.59 Å². The van der Waals surface area contributed by atoms with Gasteiger partial charge in [0.1, 0.15) is 0 Å². The van der Waals surface area contributed by atoms with E-state index in [0.717, 1.165) is 0 Å². The summed E-state index contributed by atoms with van der Waals surface area (Å²) in [5.41, 5.74) is 2.82. The fourth-order valence-corrected chi connectivity index (χ4v) is 3.38. The first-order valence-corrected chi connectivity index (χ1v) is 9.26. The van der Waals surface area contributed by atoms with Crippen LogP contribution in [0.3, 0.4) is 0 Å². The Morgan fingerprint density at radius 1 is 1.00 bits per heavy atom. The van der Waals surface area contributed by atoms with Crippen LogP contribution in [0.25, 0.3) is 0 Å². The van der Waals surface area contributed by atoms with Gasteiger partial charge in [0, 0.05) is 17.7 Å². The maximum atomic E-state index is 12.7. The zero-order valence-electron chi connectivity index (χ0n) is 14.5. The van der Waals surface area contributed by atoms with Crippen molar-refractivity contribution in [3.8, 4) is 0 Å². The number of para-hydroxylation sites is 1. The highest BCUT2D eigenvalue weighted by molar-refractivity contribution is 7.07. The molecule has 1 amide bonds. The molecule has 0 radical (unpaired) electrons. The zero-order valence-corrected chi connectivity index (χ0v) is 15.3. The normalized spacial score (nSPS) is 10.7. The standard InChI is InChI=1S/C21H20N2O2S/c1-23(13-16-11-12-26-15-16)14-20(24)22-19-10-6-5-9-18(19)21(25)17-7-3-2-4-8-17/h2-12,15H,13-14H2,1H3,(H,22,24). The molecule has 132 valence electrons. The summed E-state index contributed by atoms with van der Waals surface area (Å²) in [6, 6.07) is 18.2. The van der Waals surface area contributed by atoms with Crippen LogP contribution in [0.15, 0.2) is 71.4 Å². The topological polar surface area (TPSA) is 49.4 Å². The Labute approximate surface area is 157 Å². The number of rotatable bonds is 7. The van der Waals surface area contributed by atoms with Crippen LogP contribution in [0.2, 0.25) is 0 Å². The molecular weight excluding hydrogens is 344 g/mol. The minimum atomic E-state index is -0.143. The average Bonchev–Trinajstić information content (AvgIpc) is 3.15. The van der Waals surface area contributed by atoms with Crippen LogP contribution in [0.4, 0.5) is 5.69 Å². The van der Waals surface area contributed by atoms with Crippen LogP contribution in [0.5, 0.6) is 0 Å². The molecule has 0 aliphatic rings. The van der Waals surface area contributed by atoms with E-state index in [0.29, 0.717) is 23.4 Å². The quantitative estimate of drug-likeness (QED) is 0.644. The van der Waals surface area contributed by atoms with Crippen molar-refractivity contribution in [1.82, 2.24) is 4.90 Å². The number of ketones is 1. The van der Waals surface area contributed by atoms with Crippen LogP contribution in [-0.2, 0) is 11.3 Å². The fourth-order valence-electron chi connectivity index (χ4n) is 2.72. The molecule has 0 bridgehead atoms. The highest BCUT2D eigenvalue weighted by Gasteiger charge is 2.15. The molecule has 0 saturated carbocycles. The number of hydrogen-bond acceptors (Lipinski definition) is 4. The maximum absolute atomic E-state index is 12.7. The molecule has 0 aliphatic heterocycles. The number of carbonyl (C=O) groups excluding carboxylic acids is 2. The van der Waals surface area contributed by atoms with E-state index in [2.05, 4.69) is 10.7 Å². The maximum Gasteiger partial charge on any atom is 0.238 e. The molecule has 1 aromatic heterocycles. The molecule has 0 atom stereocenters. The Morgan fingerprint density at radius 3 is 2.46 bits per heavy atom. The van der Waals surface area contributed by atoms with Crippen molar-refractivity contribution < 1.29 is 9.59 Å². The van der Waals surface area contributed by atoms with Crippen molar-refractivity contribution in [2.75, 3.05) is 18.9 Å². The minimum Gasteiger partial charge on any atom is -0.324 e. The van der Waals surface area contributed by atoms with Crippen LogP contribution in [0, 0.1) is 0 Å². The smallest absolute Gasteiger partial charge is 0.238 e. The lowest BCUT2D eigenvalue weighted by molar-refractivity contribution is -0.117. The Morgan fingerprint density at radius 2 is 1.73 bits per heavy atom. The third-order valence-electron chi connectivity index (χ3n) is 3.93. The Kier molecular flexibility index (Phi) is 5.94. The lowest BCUT2D eigenvalue weighted by Crippen LogP contribution is -2.30. The fraction of sp³-hybridized carbons (Fsp3) is 0.143. The Bertz CT molecular complexity index is 876. The molecule has 1 heterocycles. The summed E-state index contributed by atoms with van der Waals surface area (Å²) < 4.78 is 0. The van der Waals surface area contributed by atoms with Gasteiger partial charge in [0.2, 0.25) is 5.91 Å². The number of hydrogen-bond donors (Lipinski definition) is 1. The first kappa shape index (κ1) is 18.0. The second-order valence-corrected chi connectivity index (χ2v) is 6.87. The summed E-state index contributed by atoms with van der Waals surface area (Å²) in [6.07, 6.45) is 0. The van der Waals surface area contributed by atoms with Crippen LogP contribution in [-0.4, -0.2) is 30.2 Å². The van der Waals surface area contributed by atoms with E-state index in [1.807, 2.05) is 47.7 Å². The van der Waals surface area contributed by atoms with Gasteiger partial charge in [-0.2, -0.15) is 11.3 Å². The molecule has 0 unspecified atom stereocenters. The first-order valence-electron chi connectivity index (χ1n) is 8.32. The molecule has 4 nitrogen and oxygen atoms in total. The van der Waals surface area contributed by atoms with Gasteiger partial charge in [0.15, 0.2) is 5.78 Å². The summed E-state index contributed by atoms with van der Waals surface area (Å²) in [6.45, 7) is 0.964. The average molecular weight is 364 g/mol. The van der Waals surface area contributed by atoms with Crippen molar-refractivity contribution in [2.45, 2.75) is 6.54 Å². The molecule has 0 aliphatic carbocycles. The molecule has 0 saturated heterocycles. The molecular formula is C21H20N2O2S. The Balaban J connectivity index is 1.68. The summed E-state index contributed by atoms with van der Waals surface area (Å²) in [7, 11) is 1.90. The molecule has 5 heteroatoms. The molecule has 3 aromatic rings. The van der Waals surface area contributed by atoms with Crippen LogP contribution >= 0.6 is 11.3 Å². The van der Waals surface area contributed by atoms with E-state index in [1.165, 1.54) is 5.56 Å². The monoisotopic (exact) mass is 364 g/mol. The van der Waals surface area contributed by atoms with Crippen molar-refractivity contribution in [2.24, 2.45) is 0 Å². The number of nitrogens with zero attached hydrogens (tertiary/aromatic N) is 1. The first-order chi connectivity index (χ1) is 12.6. The van der Waals surface area contributed by atoms with Crippen molar-refractivity contribution in [3.63, 3.8) is 0 Å². The minimum absolute atomic E-state index is 0.104. The van der Waals surface area contributed by atoms with Gasteiger partial charge >= 0.3 is 0 Å². The number of nitrogens with one attached hydrogen (secondary N) is 1. The number of amides is 1. The predicted molar refractivity (Wildman–Crippen MR) is 106 cm³/mol. The predicted octanol–water partition coefficient (Wildman–Crippen LogP) is 4.05. The highest BCUT2D eigenvalue weighted by Crippen LogP contribution is 2.19. The molecule has 0 spiro atoms. The van der Waals surface area contributed by atoms with E-state index in [-0.39, 0.29) is 18.2 Å². The summed E-state index contributed by atoms with van der Waals surface area (Å²) in [4.78, 5) is 27.1. The Hall–Kier alpha value is -2.76. The molecule has 26 heavy (non-hydrogen) atoms. The number of benzene rings is 2. The van der Waals surface area contributed by atoms with E-state index >= 15 is 0 Å². The highest BCUT2D eigenvalue weighted by atomic mass is 32.1. The van der Waals surface area contributed by atoms with Gasteiger partial charge in [0.25, 0.3) is 0 Å².